The van der Waals surface area contributed by atoms with Gasteiger partial charge in [-0.25, -0.2) is 13.5 Å². The van der Waals surface area contributed by atoms with Crippen LogP contribution in [0.5, 0.6) is 0 Å². The van der Waals surface area contributed by atoms with Gasteiger partial charge in [-0.05, 0) is 81.1 Å². The van der Waals surface area contributed by atoms with Gasteiger partial charge >= 0.3 is 0 Å². The third-order valence-electron chi connectivity index (χ3n) is 5.70. The van der Waals surface area contributed by atoms with Crippen LogP contribution in [0.1, 0.15) is 59.3 Å². The fraction of sp³-hybridized carbons (Fsp3) is 0.609. The lowest BCUT2D eigenvalue weighted by Gasteiger charge is -2.36. The van der Waals surface area contributed by atoms with Gasteiger partial charge in [-0.3, -0.25) is 0 Å². The van der Waals surface area contributed by atoms with Gasteiger partial charge < -0.3 is 15.8 Å². The summed E-state index contributed by atoms with van der Waals surface area (Å²) in [6, 6.07) is 4.07. The van der Waals surface area contributed by atoms with Crippen molar-refractivity contribution in [3.63, 3.8) is 0 Å². The fourth-order valence-electron chi connectivity index (χ4n) is 3.09. The van der Waals surface area contributed by atoms with Crippen LogP contribution in [0, 0.1) is 23.5 Å². The van der Waals surface area contributed by atoms with Crippen molar-refractivity contribution in [1.29, 1.82) is 0 Å². The monoisotopic (exact) mass is 441 g/mol. The first-order valence-corrected chi connectivity index (χ1v) is 11.4. The second-order valence-electron chi connectivity index (χ2n) is 8.44. The minimum absolute atomic E-state index is 0.174. The largest absolute Gasteiger partial charge is 0.402 e. The Kier molecular flexibility index (Phi) is 11.6. The number of benzene rings is 1. The van der Waals surface area contributed by atoms with E-state index in [0.717, 1.165) is 73.4 Å². The van der Waals surface area contributed by atoms with Gasteiger partial charge in [0, 0.05) is 11.7 Å². The summed E-state index contributed by atoms with van der Waals surface area (Å²) in [5.41, 5.74) is 5.45. The lowest BCUT2D eigenvalue weighted by Crippen LogP contribution is -2.49. The van der Waals surface area contributed by atoms with Crippen molar-refractivity contribution >= 4 is 18.2 Å². The molecule has 2 unspecified atom stereocenters. The molecule has 0 aliphatic heterocycles. The number of aldehydes is 1. The van der Waals surface area contributed by atoms with Gasteiger partial charge in [-0.1, -0.05) is 33.8 Å². The number of allylic oxidation sites excluding steroid dienone is 1. The number of halogens is 2. The average molecular weight is 442 g/mol. The van der Waals surface area contributed by atoms with Crippen LogP contribution in [-0.2, 0) is 4.79 Å². The summed E-state index contributed by atoms with van der Waals surface area (Å²) in [7, 11) is 2.06. The molecule has 0 saturated heterocycles. The van der Waals surface area contributed by atoms with Crippen LogP contribution in [0.25, 0.3) is 0 Å². The molecule has 2 atom stereocenters. The Balaban J connectivity index is 0.000000268. The van der Waals surface area contributed by atoms with E-state index in [4.69, 9.17) is 5.73 Å². The maximum absolute atomic E-state index is 13.3. The number of carbonyl (C=O) groups excluding carboxylic acids is 1. The van der Waals surface area contributed by atoms with E-state index >= 15 is 0 Å². The van der Waals surface area contributed by atoms with E-state index in [0.29, 0.717) is 5.92 Å². The molecule has 7 heteroatoms. The number of nitrogens with one attached hydrogen (secondary N) is 2. The molecule has 30 heavy (non-hydrogen) atoms. The van der Waals surface area contributed by atoms with Crippen LogP contribution >= 0.6 is 11.9 Å². The van der Waals surface area contributed by atoms with E-state index in [2.05, 4.69) is 30.6 Å². The molecule has 0 radical (unpaired) electrons. The number of hydrogen-bond donors (Lipinski definition) is 3. The van der Waals surface area contributed by atoms with Gasteiger partial charge in [0.05, 0.1) is 10.4 Å². The smallest absolute Gasteiger partial charge is 0.140 e. The summed E-state index contributed by atoms with van der Waals surface area (Å²) in [5.74, 6) is 0.378. The van der Waals surface area contributed by atoms with Crippen LogP contribution in [0.2, 0.25) is 0 Å². The van der Waals surface area contributed by atoms with E-state index in [1.807, 2.05) is 13.8 Å². The molecule has 1 aromatic rings. The van der Waals surface area contributed by atoms with E-state index in [9.17, 15) is 13.6 Å². The van der Waals surface area contributed by atoms with Crippen LogP contribution in [0.3, 0.4) is 0 Å². The summed E-state index contributed by atoms with van der Waals surface area (Å²) in [5, 5.41) is 3.31. The highest BCUT2D eigenvalue weighted by Gasteiger charge is 2.36. The molecular weight excluding hydrogens is 404 g/mol. The highest BCUT2D eigenvalue weighted by molar-refractivity contribution is 7.97. The molecule has 2 saturated carbocycles. The van der Waals surface area contributed by atoms with Crippen LogP contribution in [0.4, 0.5) is 8.78 Å². The zero-order valence-corrected chi connectivity index (χ0v) is 19.5. The molecule has 0 aromatic heterocycles. The van der Waals surface area contributed by atoms with Crippen molar-refractivity contribution in [2.45, 2.75) is 75.8 Å². The molecule has 0 amide bonds. The number of carbonyl (C=O) groups is 1. The molecule has 0 bridgehead atoms. The zero-order valence-electron chi connectivity index (χ0n) is 18.6. The molecule has 2 aliphatic carbocycles. The van der Waals surface area contributed by atoms with Crippen LogP contribution < -0.4 is 15.8 Å². The molecule has 2 aliphatic rings. The first-order valence-electron chi connectivity index (χ1n) is 10.6. The first-order chi connectivity index (χ1) is 14.1. The summed E-state index contributed by atoms with van der Waals surface area (Å²) in [6.45, 7) is 9.89. The second-order valence-corrected chi connectivity index (χ2v) is 9.29. The van der Waals surface area contributed by atoms with Gasteiger partial charge in [0.25, 0.3) is 0 Å². The maximum atomic E-state index is 13.3. The van der Waals surface area contributed by atoms with Crippen molar-refractivity contribution in [3.05, 3.63) is 42.1 Å². The quantitative estimate of drug-likeness (QED) is 0.419. The number of rotatable bonds is 6. The van der Waals surface area contributed by atoms with E-state index in [1.54, 1.807) is 0 Å². The minimum atomic E-state index is -0.552. The summed E-state index contributed by atoms with van der Waals surface area (Å²) < 4.78 is 29.0. The topological polar surface area (TPSA) is 67.1 Å². The van der Waals surface area contributed by atoms with Gasteiger partial charge in [0.2, 0.25) is 0 Å². The molecule has 2 fully saturated rings. The third-order valence-corrected chi connectivity index (χ3v) is 6.74. The normalized spacial score (nSPS) is 21.6. The van der Waals surface area contributed by atoms with Crippen molar-refractivity contribution < 1.29 is 13.6 Å². The second kappa shape index (κ2) is 13.1. The predicted molar refractivity (Wildman–Crippen MR) is 122 cm³/mol. The Labute approximate surface area is 184 Å². The standard InChI is InChI=1S/C11H11F2NOS.C7H15N.C5H11N/c12-8-2-3-9(13)10(6-8)16-14-11(7-15)4-1-5-11;1-6-4-3-5-7(6)8-2;1-4(2)5(3)6/h2-3,6-7,14H,1,4-5H2;6-8H,3-5H2,1-2H3;4H,3,6H2,1-2H3. The predicted octanol–water partition coefficient (Wildman–Crippen LogP) is 5.19. The number of hydrogen-bond acceptors (Lipinski definition) is 5. The molecule has 0 spiro atoms. The Hall–Kier alpha value is -1.44. The van der Waals surface area contributed by atoms with Gasteiger partial charge in [0.1, 0.15) is 17.9 Å². The summed E-state index contributed by atoms with van der Waals surface area (Å²) in [6.07, 6.45) is 7.56. The van der Waals surface area contributed by atoms with Crippen molar-refractivity contribution in [1.82, 2.24) is 10.0 Å². The molecule has 4 N–H and O–H groups in total. The average Bonchev–Trinajstić information content (AvgIpc) is 3.10. The Morgan fingerprint density at radius 3 is 2.30 bits per heavy atom. The highest BCUT2D eigenvalue weighted by Crippen LogP contribution is 2.33. The Bertz CT molecular complexity index is 680. The lowest BCUT2D eigenvalue weighted by molar-refractivity contribution is -0.115. The van der Waals surface area contributed by atoms with Crippen molar-refractivity contribution in [3.8, 4) is 0 Å². The third kappa shape index (κ3) is 8.74. The van der Waals surface area contributed by atoms with E-state index in [-0.39, 0.29) is 4.90 Å². The Morgan fingerprint density at radius 2 is 1.93 bits per heavy atom. The van der Waals surface area contributed by atoms with Crippen molar-refractivity contribution in [2.75, 3.05) is 7.05 Å². The highest BCUT2D eigenvalue weighted by atomic mass is 32.2. The Morgan fingerprint density at radius 1 is 1.30 bits per heavy atom. The minimum Gasteiger partial charge on any atom is -0.402 e. The molecule has 0 heterocycles. The zero-order chi connectivity index (χ0) is 22.7. The molecule has 1 aromatic carbocycles. The SMILES string of the molecule is C=C(N)C(C)C.CNC1CCCC1C.O=CC1(NSc2cc(F)ccc2F)CCC1. The molecule has 170 valence electrons. The lowest BCUT2D eigenvalue weighted by atomic mass is 9.79. The summed E-state index contributed by atoms with van der Waals surface area (Å²) >= 11 is 0.972. The fourth-order valence-corrected chi connectivity index (χ4v) is 3.99. The van der Waals surface area contributed by atoms with Gasteiger partial charge in [-0.15, -0.1) is 0 Å². The van der Waals surface area contributed by atoms with Crippen LogP contribution in [0.15, 0.2) is 35.4 Å². The van der Waals surface area contributed by atoms with Crippen molar-refractivity contribution in [2.24, 2.45) is 17.6 Å². The van der Waals surface area contributed by atoms with E-state index in [1.165, 1.54) is 19.3 Å². The molecule has 4 nitrogen and oxygen atoms in total. The number of nitrogens with two attached hydrogens (primary N) is 1. The van der Waals surface area contributed by atoms with Gasteiger partial charge in [0.15, 0.2) is 0 Å². The summed E-state index contributed by atoms with van der Waals surface area (Å²) in [4.78, 5) is 11.0. The van der Waals surface area contributed by atoms with Crippen LogP contribution in [-0.4, -0.2) is 24.9 Å². The first kappa shape index (κ1) is 26.6. The van der Waals surface area contributed by atoms with E-state index < -0.39 is 17.2 Å². The van der Waals surface area contributed by atoms with Gasteiger partial charge in [-0.2, -0.15) is 0 Å². The maximum Gasteiger partial charge on any atom is 0.140 e. The molecular formula is C23H37F2N3OS. The molecule has 3 rings (SSSR count).